The molecular weight excluding hydrogens is 184 g/mol. The van der Waals surface area contributed by atoms with Gasteiger partial charge in [-0.2, -0.15) is 0 Å². The molecule has 1 atom stereocenters. The molecule has 1 rings (SSSR count). The lowest BCUT2D eigenvalue weighted by Crippen LogP contribution is -2.54. The zero-order chi connectivity index (χ0) is 10.6. The second-order valence-corrected chi connectivity index (χ2v) is 3.60. The van der Waals surface area contributed by atoms with E-state index in [0.29, 0.717) is 19.6 Å². The van der Waals surface area contributed by atoms with Gasteiger partial charge in [0.05, 0.1) is 13.2 Å². The van der Waals surface area contributed by atoms with Crippen LogP contribution in [0.5, 0.6) is 0 Å². The molecule has 0 saturated carbocycles. The van der Waals surface area contributed by atoms with Crippen molar-refractivity contribution in [2.45, 2.75) is 25.9 Å². The van der Waals surface area contributed by atoms with E-state index in [-0.39, 0.29) is 18.6 Å². The maximum atomic E-state index is 11.6. The largest absolute Gasteiger partial charge is 0.377 e. The number of ether oxygens (including phenoxy) is 1. The zero-order valence-corrected chi connectivity index (χ0v) is 8.53. The minimum atomic E-state index is -0.469. The number of amides is 2. The van der Waals surface area contributed by atoms with E-state index >= 15 is 0 Å². The van der Waals surface area contributed by atoms with E-state index < -0.39 is 6.04 Å². The Bertz CT molecular complexity index is 218. The van der Waals surface area contributed by atoms with Gasteiger partial charge in [0.25, 0.3) is 0 Å². The topological polar surface area (TPSA) is 58.6 Å². The van der Waals surface area contributed by atoms with Crippen molar-refractivity contribution in [3.63, 3.8) is 0 Å². The predicted molar refractivity (Wildman–Crippen MR) is 50.7 cm³/mol. The summed E-state index contributed by atoms with van der Waals surface area (Å²) in [5.41, 5.74) is 0. The first kappa shape index (κ1) is 11.0. The molecule has 0 spiro atoms. The normalized spacial score (nSPS) is 22.2. The number of nitrogens with zero attached hydrogens (tertiary/aromatic N) is 1. The van der Waals surface area contributed by atoms with Crippen molar-refractivity contribution >= 4 is 12.3 Å². The fourth-order valence-electron chi connectivity index (χ4n) is 1.35. The molecule has 0 aliphatic carbocycles. The molecule has 0 aromatic rings. The summed E-state index contributed by atoms with van der Waals surface area (Å²) >= 11 is 0. The highest BCUT2D eigenvalue weighted by molar-refractivity contribution is 5.84. The van der Waals surface area contributed by atoms with Gasteiger partial charge in [0, 0.05) is 12.6 Å². The Hall–Kier alpha value is -1.10. The molecule has 80 valence electrons. The molecule has 1 aliphatic heterocycles. The van der Waals surface area contributed by atoms with Crippen LogP contribution in [0.1, 0.15) is 13.8 Å². The van der Waals surface area contributed by atoms with E-state index in [1.807, 2.05) is 13.8 Å². The summed E-state index contributed by atoms with van der Waals surface area (Å²) in [6.07, 6.45) is 0.701. The van der Waals surface area contributed by atoms with E-state index in [4.69, 9.17) is 4.74 Å². The van der Waals surface area contributed by atoms with Gasteiger partial charge in [-0.05, 0) is 13.8 Å². The summed E-state index contributed by atoms with van der Waals surface area (Å²) in [6, 6.07) is -0.387. The number of hydrogen-bond donors (Lipinski definition) is 1. The van der Waals surface area contributed by atoms with Crippen LogP contribution < -0.4 is 5.32 Å². The molecule has 0 radical (unpaired) electrons. The van der Waals surface area contributed by atoms with Gasteiger partial charge in [-0.25, -0.2) is 0 Å². The lowest BCUT2D eigenvalue weighted by molar-refractivity contribution is -0.140. The van der Waals surface area contributed by atoms with Crippen LogP contribution in [0.4, 0.5) is 0 Å². The molecule has 0 aromatic carbocycles. The van der Waals surface area contributed by atoms with E-state index in [9.17, 15) is 9.59 Å². The molecule has 0 bridgehead atoms. The van der Waals surface area contributed by atoms with Crippen molar-refractivity contribution in [2.75, 3.05) is 19.8 Å². The van der Waals surface area contributed by atoms with E-state index in [2.05, 4.69) is 5.32 Å². The molecular formula is C9H16N2O3. The van der Waals surface area contributed by atoms with Gasteiger partial charge in [0.15, 0.2) is 0 Å². The molecule has 1 fully saturated rings. The van der Waals surface area contributed by atoms with Crippen molar-refractivity contribution in [1.82, 2.24) is 10.2 Å². The SMILES string of the molecule is CC(C)NC(=O)C1COCCN1C=O. The van der Waals surface area contributed by atoms with E-state index in [1.54, 1.807) is 0 Å². The van der Waals surface area contributed by atoms with Crippen LogP contribution in [0.25, 0.3) is 0 Å². The Morgan fingerprint density at radius 1 is 1.64 bits per heavy atom. The standard InChI is InChI=1S/C9H16N2O3/c1-7(2)10-9(13)8-5-14-4-3-11(8)6-12/h6-8H,3-5H2,1-2H3,(H,10,13). The highest BCUT2D eigenvalue weighted by atomic mass is 16.5. The molecule has 1 heterocycles. The van der Waals surface area contributed by atoms with E-state index in [0.717, 1.165) is 0 Å². The lowest BCUT2D eigenvalue weighted by atomic mass is 10.2. The molecule has 5 heteroatoms. The molecule has 5 nitrogen and oxygen atoms in total. The molecule has 0 aromatic heterocycles. The number of hydrogen-bond acceptors (Lipinski definition) is 3. The molecule has 1 N–H and O–H groups in total. The van der Waals surface area contributed by atoms with Gasteiger partial charge in [-0.15, -0.1) is 0 Å². The van der Waals surface area contributed by atoms with E-state index in [1.165, 1.54) is 4.90 Å². The number of carbonyl (C=O) groups is 2. The first-order chi connectivity index (χ1) is 6.65. The van der Waals surface area contributed by atoms with Crippen molar-refractivity contribution in [3.8, 4) is 0 Å². The van der Waals surface area contributed by atoms with Crippen molar-refractivity contribution < 1.29 is 14.3 Å². The Balaban J connectivity index is 2.54. The van der Waals surface area contributed by atoms with Gasteiger partial charge < -0.3 is 15.0 Å². The van der Waals surface area contributed by atoms with Gasteiger partial charge in [0.2, 0.25) is 12.3 Å². The van der Waals surface area contributed by atoms with Crippen LogP contribution in [0.2, 0.25) is 0 Å². The summed E-state index contributed by atoms with van der Waals surface area (Å²) in [5, 5.41) is 2.76. The monoisotopic (exact) mass is 200 g/mol. The first-order valence-electron chi connectivity index (χ1n) is 4.74. The highest BCUT2D eigenvalue weighted by Gasteiger charge is 2.28. The molecule has 1 aliphatic rings. The zero-order valence-electron chi connectivity index (χ0n) is 8.53. The fraction of sp³-hybridized carbons (Fsp3) is 0.778. The van der Waals surface area contributed by atoms with Crippen LogP contribution in [-0.2, 0) is 14.3 Å². The highest BCUT2D eigenvalue weighted by Crippen LogP contribution is 2.04. The van der Waals surface area contributed by atoms with Crippen LogP contribution in [0.3, 0.4) is 0 Å². The van der Waals surface area contributed by atoms with Crippen LogP contribution in [-0.4, -0.2) is 49.1 Å². The van der Waals surface area contributed by atoms with Crippen LogP contribution >= 0.6 is 0 Å². The van der Waals surface area contributed by atoms with Gasteiger partial charge in [-0.1, -0.05) is 0 Å². The quantitative estimate of drug-likeness (QED) is 0.617. The molecule has 14 heavy (non-hydrogen) atoms. The summed E-state index contributed by atoms with van der Waals surface area (Å²) in [4.78, 5) is 23.7. The number of carbonyl (C=O) groups excluding carboxylic acids is 2. The minimum absolute atomic E-state index is 0.0814. The average Bonchev–Trinajstić information content (AvgIpc) is 2.16. The Kier molecular flexibility index (Phi) is 3.88. The van der Waals surface area contributed by atoms with Crippen molar-refractivity contribution in [1.29, 1.82) is 0 Å². The third-order valence-corrected chi connectivity index (χ3v) is 2.04. The summed E-state index contributed by atoms with van der Waals surface area (Å²) in [5.74, 6) is -0.146. The Morgan fingerprint density at radius 2 is 2.36 bits per heavy atom. The van der Waals surface area contributed by atoms with Crippen molar-refractivity contribution in [2.24, 2.45) is 0 Å². The van der Waals surface area contributed by atoms with Crippen LogP contribution in [0.15, 0.2) is 0 Å². The minimum Gasteiger partial charge on any atom is -0.377 e. The molecule has 1 unspecified atom stereocenters. The second kappa shape index (κ2) is 4.95. The third-order valence-electron chi connectivity index (χ3n) is 2.04. The summed E-state index contributed by atoms with van der Waals surface area (Å²) < 4.78 is 5.16. The predicted octanol–water partition coefficient (Wildman–Crippen LogP) is -0.632. The third kappa shape index (κ3) is 2.70. The van der Waals surface area contributed by atoms with Gasteiger partial charge in [0.1, 0.15) is 6.04 Å². The maximum absolute atomic E-state index is 11.6. The molecule has 2 amide bonds. The summed E-state index contributed by atoms with van der Waals surface area (Å²) in [6.45, 7) is 5.04. The number of rotatable bonds is 3. The van der Waals surface area contributed by atoms with Gasteiger partial charge in [-0.3, -0.25) is 9.59 Å². The van der Waals surface area contributed by atoms with Gasteiger partial charge >= 0.3 is 0 Å². The Labute approximate surface area is 83.4 Å². The average molecular weight is 200 g/mol. The second-order valence-electron chi connectivity index (χ2n) is 3.60. The number of nitrogens with one attached hydrogen (secondary N) is 1. The van der Waals surface area contributed by atoms with Crippen LogP contribution in [0, 0.1) is 0 Å². The van der Waals surface area contributed by atoms with Crippen molar-refractivity contribution in [3.05, 3.63) is 0 Å². The summed E-state index contributed by atoms with van der Waals surface area (Å²) in [7, 11) is 0. The number of morpholine rings is 1. The Morgan fingerprint density at radius 3 is 2.93 bits per heavy atom. The molecule has 1 saturated heterocycles. The first-order valence-corrected chi connectivity index (χ1v) is 4.74. The lowest BCUT2D eigenvalue weighted by Gasteiger charge is -2.31. The fourth-order valence-corrected chi connectivity index (χ4v) is 1.35. The maximum Gasteiger partial charge on any atom is 0.245 e. The smallest absolute Gasteiger partial charge is 0.245 e.